The van der Waals surface area contributed by atoms with Gasteiger partial charge < -0.3 is 9.84 Å². The van der Waals surface area contributed by atoms with Crippen molar-refractivity contribution in [2.45, 2.75) is 24.8 Å². The maximum Gasteiger partial charge on any atom is 0.300 e. The Morgan fingerprint density at radius 3 is 2.29 bits per heavy atom. The molecule has 1 aliphatic rings. The Hall–Kier alpha value is -4.51. The normalized spacial score (nSPS) is 16.9. The fourth-order valence-electron chi connectivity index (χ4n) is 4.16. The molecule has 2 N–H and O–H groups in total. The number of aliphatic hydroxyl groups is 1. The van der Waals surface area contributed by atoms with Crippen molar-refractivity contribution in [2.75, 3.05) is 11.5 Å². The van der Waals surface area contributed by atoms with Crippen molar-refractivity contribution < 1.29 is 37.0 Å². The number of hydrogen-bond acceptors (Lipinski definition) is 7. The molecule has 1 saturated heterocycles. The zero-order chi connectivity index (χ0) is 27.6. The van der Waals surface area contributed by atoms with E-state index in [1.54, 1.807) is 12.1 Å². The van der Waals surface area contributed by atoms with Crippen LogP contribution in [0.15, 0.2) is 83.3 Å². The Balaban J connectivity index is 1.84. The van der Waals surface area contributed by atoms with Crippen molar-refractivity contribution in [3.8, 4) is 5.75 Å². The van der Waals surface area contributed by atoms with Crippen LogP contribution in [0.4, 0.5) is 10.1 Å². The second-order valence-electron chi connectivity index (χ2n) is 8.34. The molecule has 3 aromatic carbocycles. The summed E-state index contributed by atoms with van der Waals surface area (Å²) in [6.07, 6.45) is 0. The third-order valence-electron chi connectivity index (χ3n) is 5.75. The lowest BCUT2D eigenvalue weighted by Crippen LogP contribution is -2.30. The zero-order valence-corrected chi connectivity index (χ0v) is 21.2. The van der Waals surface area contributed by atoms with Crippen LogP contribution in [0.25, 0.3) is 5.76 Å². The van der Waals surface area contributed by atoms with Gasteiger partial charge in [-0.25, -0.2) is 17.5 Å². The van der Waals surface area contributed by atoms with Crippen LogP contribution in [0.1, 0.15) is 31.0 Å². The van der Waals surface area contributed by atoms with Gasteiger partial charge in [-0.3, -0.25) is 19.3 Å². The van der Waals surface area contributed by atoms with E-state index in [1.807, 2.05) is 11.6 Å². The molecule has 196 valence electrons. The third kappa shape index (κ3) is 5.14. The lowest BCUT2D eigenvalue weighted by molar-refractivity contribution is -0.132. The molecule has 9 nitrogen and oxygen atoms in total. The number of halogens is 1. The molecular weight excluding hydrogens is 515 g/mol. The van der Waals surface area contributed by atoms with Gasteiger partial charge in [0.05, 0.1) is 23.1 Å². The average Bonchev–Trinajstić information content (AvgIpc) is 3.14. The molecule has 0 saturated carbocycles. The number of anilines is 1. The van der Waals surface area contributed by atoms with Gasteiger partial charge >= 0.3 is 0 Å². The van der Waals surface area contributed by atoms with E-state index >= 15 is 0 Å². The molecule has 0 bridgehead atoms. The molecular formula is C27H23FN2O7S. The number of rotatable bonds is 7. The van der Waals surface area contributed by atoms with Crippen molar-refractivity contribution in [1.29, 1.82) is 0 Å². The first kappa shape index (κ1) is 26.6. The standard InChI is InChI=1S/C27H23FN2O7S/c1-3-37-21-11-7-17(8-12-21)25(32)23-24(18-5-4-6-19(28)15-18)30(27(34)26(23)33)20-9-13-22(14-10-20)38(35,36)29-16(2)31/h4-15,24,32H,3H2,1-2H3,(H,29,31). The first-order valence-corrected chi connectivity index (χ1v) is 12.9. The van der Waals surface area contributed by atoms with Gasteiger partial charge in [-0.15, -0.1) is 0 Å². The number of carbonyl (C=O) groups excluding carboxylic acids is 3. The summed E-state index contributed by atoms with van der Waals surface area (Å²) in [5.41, 5.74) is 0.310. The summed E-state index contributed by atoms with van der Waals surface area (Å²) in [7, 11) is -4.14. The van der Waals surface area contributed by atoms with Gasteiger partial charge in [-0.2, -0.15) is 0 Å². The van der Waals surface area contributed by atoms with Crippen molar-refractivity contribution in [2.24, 2.45) is 0 Å². The van der Waals surface area contributed by atoms with Gasteiger partial charge in [0.2, 0.25) is 5.91 Å². The highest BCUT2D eigenvalue weighted by molar-refractivity contribution is 7.90. The number of carbonyl (C=O) groups is 3. The van der Waals surface area contributed by atoms with Crippen LogP contribution in [0.3, 0.4) is 0 Å². The highest BCUT2D eigenvalue weighted by atomic mass is 32.2. The molecule has 1 aliphatic heterocycles. The number of hydrogen-bond donors (Lipinski definition) is 2. The van der Waals surface area contributed by atoms with Gasteiger partial charge in [0.1, 0.15) is 17.3 Å². The minimum absolute atomic E-state index is 0.119. The molecule has 1 unspecified atom stereocenters. The first-order valence-electron chi connectivity index (χ1n) is 11.5. The third-order valence-corrected chi connectivity index (χ3v) is 7.20. The lowest BCUT2D eigenvalue weighted by atomic mass is 9.95. The van der Waals surface area contributed by atoms with Crippen molar-refractivity contribution in [1.82, 2.24) is 4.72 Å². The smallest absolute Gasteiger partial charge is 0.300 e. The summed E-state index contributed by atoms with van der Waals surface area (Å²) in [5.74, 6) is -3.32. The highest BCUT2D eigenvalue weighted by Gasteiger charge is 2.47. The fourth-order valence-corrected chi connectivity index (χ4v) is 5.15. The van der Waals surface area contributed by atoms with Crippen molar-refractivity contribution >= 4 is 39.1 Å². The summed E-state index contributed by atoms with van der Waals surface area (Å²) < 4.78 is 46.1. The summed E-state index contributed by atoms with van der Waals surface area (Å²) in [6, 6.07) is 15.2. The van der Waals surface area contributed by atoms with Crippen molar-refractivity contribution in [3.63, 3.8) is 0 Å². The van der Waals surface area contributed by atoms with E-state index in [1.165, 1.54) is 42.5 Å². The molecule has 4 rings (SSSR count). The van der Waals surface area contributed by atoms with Crippen LogP contribution < -0.4 is 14.4 Å². The number of aliphatic hydroxyl groups excluding tert-OH is 1. The molecule has 1 atom stereocenters. The van der Waals surface area contributed by atoms with Gasteiger partial charge in [0.15, 0.2) is 0 Å². The second-order valence-corrected chi connectivity index (χ2v) is 10.0. The Morgan fingerprint density at radius 1 is 1.05 bits per heavy atom. The lowest BCUT2D eigenvalue weighted by Gasteiger charge is -2.25. The summed E-state index contributed by atoms with van der Waals surface area (Å²) >= 11 is 0. The van der Waals surface area contributed by atoms with Crippen LogP contribution in [-0.4, -0.2) is 37.7 Å². The quantitative estimate of drug-likeness (QED) is 0.267. The van der Waals surface area contributed by atoms with Gasteiger partial charge in [-0.05, 0) is 73.2 Å². The Morgan fingerprint density at radius 2 is 1.71 bits per heavy atom. The number of Topliss-reactive ketones (excluding diaryl/α,β-unsaturated/α-hetero) is 1. The zero-order valence-electron chi connectivity index (χ0n) is 20.3. The van der Waals surface area contributed by atoms with Crippen LogP contribution >= 0.6 is 0 Å². The number of nitrogens with zero attached hydrogens (tertiary/aromatic N) is 1. The number of ether oxygens (including phenoxy) is 1. The molecule has 0 radical (unpaired) electrons. The Labute approximate surface area is 218 Å². The summed E-state index contributed by atoms with van der Waals surface area (Å²) in [6.45, 7) is 3.30. The number of ketones is 1. The van der Waals surface area contributed by atoms with E-state index in [4.69, 9.17) is 4.74 Å². The number of sulfonamides is 1. The van der Waals surface area contributed by atoms with Crippen LogP contribution in [0, 0.1) is 5.82 Å². The topological polar surface area (TPSA) is 130 Å². The molecule has 0 aromatic heterocycles. The summed E-state index contributed by atoms with van der Waals surface area (Å²) in [4.78, 5) is 38.5. The minimum atomic E-state index is -4.14. The van der Waals surface area contributed by atoms with E-state index < -0.39 is 45.2 Å². The minimum Gasteiger partial charge on any atom is -0.507 e. The molecule has 1 fully saturated rings. The number of benzene rings is 3. The molecule has 0 spiro atoms. The maximum atomic E-state index is 14.2. The van der Waals surface area contributed by atoms with Crippen LogP contribution in [0.2, 0.25) is 0 Å². The molecule has 3 aromatic rings. The molecule has 0 aliphatic carbocycles. The van der Waals surface area contributed by atoms with Gasteiger partial charge in [0, 0.05) is 18.2 Å². The van der Waals surface area contributed by atoms with Crippen molar-refractivity contribution in [3.05, 3.63) is 95.3 Å². The van der Waals surface area contributed by atoms with Gasteiger partial charge in [0.25, 0.3) is 21.7 Å². The van der Waals surface area contributed by atoms with E-state index in [0.717, 1.165) is 30.0 Å². The maximum absolute atomic E-state index is 14.2. The largest absolute Gasteiger partial charge is 0.507 e. The first-order chi connectivity index (χ1) is 18.0. The number of amides is 2. The summed E-state index contributed by atoms with van der Waals surface area (Å²) in [5, 5.41) is 11.2. The molecule has 2 amide bonds. The molecule has 38 heavy (non-hydrogen) atoms. The second kappa shape index (κ2) is 10.5. The Bertz CT molecular complexity index is 1550. The van der Waals surface area contributed by atoms with Crippen LogP contribution in [0.5, 0.6) is 5.75 Å². The Kier molecular flexibility index (Phi) is 7.31. The van der Waals surface area contributed by atoms with E-state index in [-0.39, 0.29) is 27.3 Å². The number of nitrogens with one attached hydrogen (secondary N) is 1. The monoisotopic (exact) mass is 538 g/mol. The van der Waals surface area contributed by atoms with E-state index in [0.29, 0.717) is 12.4 Å². The fraction of sp³-hybridized carbons (Fsp3) is 0.148. The SMILES string of the molecule is CCOc1ccc(C(O)=C2C(=O)C(=O)N(c3ccc(S(=O)(=O)NC(C)=O)cc3)C2c2cccc(F)c2)cc1. The van der Waals surface area contributed by atoms with Crippen LogP contribution in [-0.2, 0) is 24.4 Å². The highest BCUT2D eigenvalue weighted by Crippen LogP contribution is 2.42. The van der Waals surface area contributed by atoms with E-state index in [9.17, 15) is 32.3 Å². The predicted molar refractivity (Wildman–Crippen MR) is 136 cm³/mol. The molecule has 11 heteroatoms. The average molecular weight is 539 g/mol. The van der Waals surface area contributed by atoms with Gasteiger partial charge in [-0.1, -0.05) is 12.1 Å². The molecule has 1 heterocycles. The predicted octanol–water partition coefficient (Wildman–Crippen LogP) is 3.68. The van der Waals surface area contributed by atoms with E-state index in [2.05, 4.69) is 0 Å².